The van der Waals surface area contributed by atoms with Gasteiger partial charge >= 0.3 is 11.9 Å². The van der Waals surface area contributed by atoms with Gasteiger partial charge in [-0.25, -0.2) is 19.6 Å². The molecule has 0 radical (unpaired) electrons. The van der Waals surface area contributed by atoms with Crippen LogP contribution in [-0.2, 0) is 19.1 Å². The number of ether oxygens (including phenoxy) is 2. The van der Waals surface area contributed by atoms with Crippen LogP contribution in [0.1, 0.15) is 0 Å². The first-order valence-corrected chi connectivity index (χ1v) is 9.48. The van der Waals surface area contributed by atoms with E-state index in [4.69, 9.17) is 9.47 Å². The zero-order chi connectivity index (χ0) is 20.3. The lowest BCUT2D eigenvalue weighted by molar-refractivity contribution is -0.134. The minimum Gasteiger partial charge on any atom is -0.463 e. The summed E-state index contributed by atoms with van der Waals surface area (Å²) in [5.74, 6) is -1.64. The van der Waals surface area contributed by atoms with Gasteiger partial charge in [0.25, 0.3) is 11.7 Å². The molecule has 0 amide bonds. The molecule has 144 valence electrons. The van der Waals surface area contributed by atoms with Crippen molar-refractivity contribution in [1.29, 1.82) is 0 Å². The molecule has 0 N–H and O–H groups in total. The number of benzene rings is 2. The van der Waals surface area contributed by atoms with Crippen LogP contribution in [0.3, 0.4) is 0 Å². The van der Waals surface area contributed by atoms with Gasteiger partial charge in [-0.05, 0) is 48.5 Å². The van der Waals surface area contributed by atoms with Crippen LogP contribution in [0.2, 0.25) is 0 Å². The van der Waals surface area contributed by atoms with Crippen LogP contribution < -0.4 is 10.0 Å². The molecule has 2 aromatic carbocycles. The number of carbonyl (C=O) groups excluding carboxylic acids is 2. The van der Waals surface area contributed by atoms with E-state index in [-0.39, 0.29) is 11.7 Å². The number of rotatable bonds is 4. The van der Waals surface area contributed by atoms with Crippen molar-refractivity contribution in [1.82, 2.24) is 0 Å². The fourth-order valence-corrected chi connectivity index (χ4v) is 2.86. The molecule has 0 bridgehead atoms. The van der Waals surface area contributed by atoms with E-state index < -0.39 is 11.9 Å². The summed E-state index contributed by atoms with van der Waals surface area (Å²) in [5, 5.41) is 11.1. The second-order valence-corrected chi connectivity index (χ2v) is 7.24. The lowest BCUT2D eigenvalue weighted by Crippen LogP contribution is -2.47. The normalized spacial score (nSPS) is 13.6. The first-order valence-electron chi connectivity index (χ1n) is 7.90. The summed E-state index contributed by atoms with van der Waals surface area (Å²) >= 11 is 6.71. The molecule has 0 aromatic heterocycles. The number of carbonyl (C=O) groups is 2. The smallest absolute Gasteiger partial charge is 0.377 e. The first-order chi connectivity index (χ1) is 13.4. The molecule has 1 aliphatic rings. The number of nitrogens with zero attached hydrogens (tertiary/aromatic N) is 4. The van der Waals surface area contributed by atoms with E-state index in [9.17, 15) is 9.59 Å². The lowest BCUT2D eigenvalue weighted by atomic mass is 10.3. The molecule has 10 heteroatoms. The number of hydrogen-bond donors (Lipinski definition) is 0. The number of anilines is 2. The Labute approximate surface area is 177 Å². The largest absolute Gasteiger partial charge is 0.463 e. The second kappa shape index (κ2) is 8.53. The Hall–Kier alpha value is -2.72. The van der Waals surface area contributed by atoms with Gasteiger partial charge in [0.2, 0.25) is 0 Å². The number of methoxy groups -OCH3 is 2. The highest BCUT2D eigenvalue weighted by molar-refractivity contribution is 9.10. The van der Waals surface area contributed by atoms with Crippen molar-refractivity contribution < 1.29 is 19.1 Å². The van der Waals surface area contributed by atoms with E-state index >= 15 is 0 Å². The molecular weight excluding hydrogens is 496 g/mol. The van der Waals surface area contributed by atoms with Crippen LogP contribution in [0.5, 0.6) is 0 Å². The van der Waals surface area contributed by atoms with Crippen molar-refractivity contribution >= 4 is 66.8 Å². The highest BCUT2D eigenvalue weighted by atomic mass is 79.9. The first kappa shape index (κ1) is 20.0. The van der Waals surface area contributed by atoms with Crippen LogP contribution in [0.25, 0.3) is 0 Å². The van der Waals surface area contributed by atoms with Gasteiger partial charge in [0, 0.05) is 8.95 Å². The maximum atomic E-state index is 12.4. The van der Waals surface area contributed by atoms with Crippen molar-refractivity contribution in [3.05, 3.63) is 57.5 Å². The number of esters is 2. The van der Waals surface area contributed by atoms with Gasteiger partial charge < -0.3 is 9.47 Å². The topological polar surface area (TPSA) is 83.8 Å². The van der Waals surface area contributed by atoms with Gasteiger partial charge in [-0.3, -0.25) is 0 Å². The highest BCUT2D eigenvalue weighted by Crippen LogP contribution is 2.26. The molecular formula is C18H14Br2N4O4. The summed E-state index contributed by atoms with van der Waals surface area (Å²) in [6.07, 6.45) is 0. The van der Waals surface area contributed by atoms with Crippen LogP contribution >= 0.6 is 31.9 Å². The van der Waals surface area contributed by atoms with Gasteiger partial charge in [0.05, 0.1) is 25.6 Å². The Kier molecular flexibility index (Phi) is 6.10. The Morgan fingerprint density at radius 3 is 1.32 bits per heavy atom. The van der Waals surface area contributed by atoms with Gasteiger partial charge in [-0.1, -0.05) is 31.9 Å². The summed E-state index contributed by atoms with van der Waals surface area (Å²) in [5.41, 5.74) is 1.04. The van der Waals surface area contributed by atoms with Crippen LogP contribution in [0.4, 0.5) is 11.4 Å². The summed E-state index contributed by atoms with van der Waals surface area (Å²) < 4.78 is 11.4. The summed E-state index contributed by atoms with van der Waals surface area (Å²) in [7, 11) is 2.49. The Balaban J connectivity index is 2.15. The van der Waals surface area contributed by atoms with Crippen LogP contribution in [0, 0.1) is 0 Å². The number of amidine groups is 2. The molecule has 1 heterocycles. The van der Waals surface area contributed by atoms with E-state index in [1.165, 1.54) is 24.2 Å². The Morgan fingerprint density at radius 1 is 0.714 bits per heavy atom. The SMILES string of the molecule is COC(=O)C1=NN(c2ccc(Br)cc2)C(C(=O)OC)=NN1c1ccc(Br)cc1. The van der Waals surface area contributed by atoms with E-state index in [0.29, 0.717) is 11.4 Å². The lowest BCUT2D eigenvalue weighted by Gasteiger charge is -2.29. The monoisotopic (exact) mass is 508 g/mol. The molecule has 0 atom stereocenters. The van der Waals surface area contributed by atoms with Gasteiger partial charge in [-0.2, -0.15) is 0 Å². The standard InChI is InChI=1S/C18H14Br2N4O4/c1-27-17(25)15-21-24(14-9-5-12(20)6-10-14)16(18(26)28-2)22-23(15)13-7-3-11(19)4-8-13/h3-10H,1-2H3. The molecule has 0 saturated carbocycles. The average molecular weight is 510 g/mol. The predicted molar refractivity (Wildman–Crippen MR) is 112 cm³/mol. The molecule has 0 unspecified atom stereocenters. The van der Waals surface area contributed by atoms with E-state index in [2.05, 4.69) is 42.1 Å². The summed E-state index contributed by atoms with van der Waals surface area (Å²) in [6.45, 7) is 0. The second-order valence-electron chi connectivity index (χ2n) is 5.41. The minimum absolute atomic E-state index is 0.111. The third-order valence-corrected chi connectivity index (χ3v) is 4.73. The molecule has 0 spiro atoms. The molecule has 1 aliphatic heterocycles. The van der Waals surface area contributed by atoms with Crippen molar-refractivity contribution in [2.75, 3.05) is 24.2 Å². The molecule has 28 heavy (non-hydrogen) atoms. The predicted octanol–water partition coefficient (Wildman–Crippen LogP) is 3.51. The van der Waals surface area contributed by atoms with E-state index in [0.717, 1.165) is 8.95 Å². The minimum atomic E-state index is -0.710. The quantitative estimate of drug-likeness (QED) is 0.586. The van der Waals surface area contributed by atoms with Crippen molar-refractivity contribution in [2.45, 2.75) is 0 Å². The molecule has 0 aliphatic carbocycles. The number of halogens is 2. The van der Waals surface area contributed by atoms with Crippen molar-refractivity contribution in [3.63, 3.8) is 0 Å². The maximum absolute atomic E-state index is 12.4. The third-order valence-electron chi connectivity index (χ3n) is 3.67. The van der Waals surface area contributed by atoms with Crippen molar-refractivity contribution in [2.24, 2.45) is 10.2 Å². The number of hydrazone groups is 2. The molecule has 3 rings (SSSR count). The van der Waals surface area contributed by atoms with Gasteiger partial charge in [0.1, 0.15) is 0 Å². The van der Waals surface area contributed by atoms with E-state index in [1.807, 2.05) is 0 Å². The maximum Gasteiger partial charge on any atom is 0.377 e. The molecule has 0 fully saturated rings. The zero-order valence-corrected chi connectivity index (χ0v) is 18.0. The third kappa shape index (κ3) is 4.07. The molecule has 0 saturated heterocycles. The summed E-state index contributed by atoms with van der Waals surface area (Å²) in [4.78, 5) is 24.7. The molecule has 8 nitrogen and oxygen atoms in total. The van der Waals surface area contributed by atoms with Crippen molar-refractivity contribution in [3.8, 4) is 0 Å². The summed E-state index contributed by atoms with van der Waals surface area (Å²) in [6, 6.07) is 14.0. The number of hydrogen-bond acceptors (Lipinski definition) is 8. The highest BCUT2D eigenvalue weighted by Gasteiger charge is 2.34. The average Bonchev–Trinajstić information content (AvgIpc) is 2.73. The Morgan fingerprint density at radius 2 is 1.04 bits per heavy atom. The van der Waals surface area contributed by atoms with Gasteiger partial charge in [-0.15, -0.1) is 10.2 Å². The van der Waals surface area contributed by atoms with E-state index in [1.54, 1.807) is 48.5 Å². The fourth-order valence-electron chi connectivity index (χ4n) is 2.33. The van der Waals surface area contributed by atoms with Crippen LogP contribution in [-0.4, -0.2) is 37.8 Å². The Bertz CT molecular complexity index is 879. The molecule has 2 aromatic rings. The van der Waals surface area contributed by atoms with Gasteiger partial charge in [0.15, 0.2) is 0 Å². The zero-order valence-electron chi connectivity index (χ0n) is 14.8. The fraction of sp³-hybridized carbons (Fsp3) is 0.111. The van der Waals surface area contributed by atoms with Crippen LogP contribution in [0.15, 0.2) is 67.7 Å².